The Labute approximate surface area is 153 Å². The Balaban J connectivity index is 0.000000502. The second-order valence-corrected chi connectivity index (χ2v) is 16.8. The third-order valence-corrected chi connectivity index (χ3v) is 7.80. The average Bonchev–Trinajstić information content (AvgIpc) is 2.69. The molecule has 0 aromatic heterocycles. The van der Waals surface area contributed by atoms with Gasteiger partial charge in [0.2, 0.25) is 7.38 Å². The zero-order valence-corrected chi connectivity index (χ0v) is 17.4. The van der Waals surface area contributed by atoms with Gasteiger partial charge in [-0.25, -0.2) is 16.8 Å². The van der Waals surface area contributed by atoms with E-state index >= 15 is 0 Å². The third-order valence-electron chi connectivity index (χ3n) is 3.18. The summed E-state index contributed by atoms with van der Waals surface area (Å²) in [5.41, 5.74) is -12.4. The quantitative estimate of drug-likeness (QED) is 0.272. The highest BCUT2D eigenvalue weighted by molar-refractivity contribution is 8.13. The molecule has 1 aliphatic rings. The van der Waals surface area contributed by atoms with Crippen LogP contribution >= 0.6 is 11.1 Å². The number of sulfonamides is 2. The molecule has 0 atom stereocenters. The molecule has 0 aromatic carbocycles. The van der Waals surface area contributed by atoms with Crippen LogP contribution in [0.3, 0.4) is 0 Å². The van der Waals surface area contributed by atoms with E-state index < -0.39 is 38.4 Å². The zero-order chi connectivity index (χ0) is 21.2. The summed E-state index contributed by atoms with van der Waals surface area (Å²) in [5.74, 6) is 0. The lowest BCUT2D eigenvalue weighted by Crippen LogP contribution is -2.50. The van der Waals surface area contributed by atoms with E-state index in [1.54, 1.807) is 0 Å². The Bertz CT molecular complexity index is 640. The maximum Gasteiger partial charge on any atom is 0.480 e. The number of quaternary nitrogens is 1. The lowest BCUT2D eigenvalue weighted by Gasteiger charge is -2.33. The lowest BCUT2D eigenvalue weighted by molar-refractivity contribution is -0.887. The highest BCUT2D eigenvalue weighted by Crippen LogP contribution is 2.36. The van der Waals surface area contributed by atoms with E-state index in [0.717, 1.165) is 4.13 Å². The van der Waals surface area contributed by atoms with Crippen molar-refractivity contribution < 1.29 is 47.7 Å². The number of halogens is 7. The standard InChI is InChI=1S/C8H19ClNSi.C2F6NO4S2/c1-10(6-4-5-7-10)8-11(2,3)9;3-1(4,5)14(10,11)9-15(12,13)2(6,7)8/h4-8H2,1-3H3;/q+1;-1. The minimum Gasteiger partial charge on any atom is -0.421 e. The van der Waals surface area contributed by atoms with Crippen molar-refractivity contribution in [2.24, 2.45) is 0 Å². The molecule has 1 saturated heterocycles. The van der Waals surface area contributed by atoms with Crippen molar-refractivity contribution in [1.29, 1.82) is 0 Å². The Morgan fingerprint density at radius 3 is 1.46 bits per heavy atom. The van der Waals surface area contributed by atoms with Gasteiger partial charge in [-0.2, -0.15) is 37.4 Å². The van der Waals surface area contributed by atoms with Crippen LogP contribution in [0.2, 0.25) is 13.1 Å². The molecular formula is C10H19ClF6N2O4S2Si. The van der Waals surface area contributed by atoms with Gasteiger partial charge in [-0.3, -0.25) is 0 Å². The van der Waals surface area contributed by atoms with Gasteiger partial charge < -0.3 is 8.61 Å². The van der Waals surface area contributed by atoms with Crippen LogP contribution in [0.5, 0.6) is 0 Å². The molecule has 0 amide bonds. The molecule has 1 heterocycles. The number of hydrogen-bond acceptors (Lipinski definition) is 4. The maximum atomic E-state index is 11.4. The fourth-order valence-electron chi connectivity index (χ4n) is 2.38. The molecule has 158 valence electrons. The average molecular weight is 473 g/mol. The number of hydrogen-bond donors (Lipinski definition) is 0. The smallest absolute Gasteiger partial charge is 0.421 e. The Kier molecular flexibility index (Phi) is 8.08. The molecule has 1 aliphatic heterocycles. The summed E-state index contributed by atoms with van der Waals surface area (Å²) in [6.45, 7) is 7.19. The summed E-state index contributed by atoms with van der Waals surface area (Å²) in [5, 5.41) is 0. The van der Waals surface area contributed by atoms with Gasteiger partial charge in [-0.05, 0) is 0 Å². The van der Waals surface area contributed by atoms with Crippen LogP contribution in [-0.4, -0.2) is 66.0 Å². The maximum absolute atomic E-state index is 11.4. The van der Waals surface area contributed by atoms with Gasteiger partial charge in [0.05, 0.1) is 26.3 Å². The second kappa shape index (κ2) is 8.11. The Morgan fingerprint density at radius 2 is 1.23 bits per heavy atom. The van der Waals surface area contributed by atoms with E-state index in [1.165, 1.54) is 36.6 Å². The fraction of sp³-hybridized carbons (Fsp3) is 1.00. The first-order chi connectivity index (χ1) is 11.1. The summed E-state index contributed by atoms with van der Waals surface area (Å²) in [7, 11) is -12.4. The molecular weight excluding hydrogens is 454 g/mol. The van der Waals surface area contributed by atoms with Crippen LogP contribution < -0.4 is 0 Å². The Morgan fingerprint density at radius 1 is 0.923 bits per heavy atom. The van der Waals surface area contributed by atoms with Crippen molar-refractivity contribution in [1.82, 2.24) is 0 Å². The van der Waals surface area contributed by atoms with Gasteiger partial charge >= 0.3 is 11.0 Å². The molecule has 0 aliphatic carbocycles. The van der Waals surface area contributed by atoms with Crippen molar-refractivity contribution >= 4 is 38.5 Å². The summed E-state index contributed by atoms with van der Waals surface area (Å²) in [4.78, 5) is 0. The highest BCUT2D eigenvalue weighted by Gasteiger charge is 2.46. The van der Waals surface area contributed by atoms with Gasteiger partial charge in [0, 0.05) is 12.8 Å². The van der Waals surface area contributed by atoms with Gasteiger partial charge in [0.1, 0.15) is 0 Å². The lowest BCUT2D eigenvalue weighted by atomic mass is 10.4. The molecule has 1 rings (SSSR count). The first-order valence-corrected chi connectivity index (χ1v) is 14.1. The molecule has 0 radical (unpaired) electrons. The number of nitrogens with zero attached hydrogens (tertiary/aromatic N) is 2. The molecule has 0 bridgehead atoms. The van der Waals surface area contributed by atoms with E-state index in [-0.39, 0.29) is 0 Å². The summed E-state index contributed by atoms with van der Waals surface area (Å²) in [6.07, 6.45) is 4.05. The third kappa shape index (κ3) is 8.29. The van der Waals surface area contributed by atoms with Crippen LogP contribution in [0.25, 0.3) is 4.13 Å². The minimum absolute atomic E-state index is 0.778. The molecule has 0 saturated carbocycles. The van der Waals surface area contributed by atoms with E-state index in [2.05, 4.69) is 20.1 Å². The van der Waals surface area contributed by atoms with Gasteiger partial charge in [0.25, 0.3) is 0 Å². The van der Waals surface area contributed by atoms with Crippen LogP contribution in [0, 0.1) is 0 Å². The largest absolute Gasteiger partial charge is 0.480 e. The van der Waals surface area contributed by atoms with Crippen molar-refractivity contribution in [2.45, 2.75) is 37.0 Å². The molecule has 0 N–H and O–H groups in total. The van der Waals surface area contributed by atoms with Crippen LogP contribution in [0.15, 0.2) is 0 Å². The fourth-order valence-corrected chi connectivity index (χ4v) is 7.09. The summed E-state index contributed by atoms with van der Waals surface area (Å²) >= 11 is 6.33. The molecule has 0 aromatic rings. The van der Waals surface area contributed by atoms with Crippen molar-refractivity contribution in [3.8, 4) is 0 Å². The van der Waals surface area contributed by atoms with E-state index in [4.69, 9.17) is 11.1 Å². The first-order valence-electron chi connectivity index (χ1n) is 7.01. The molecule has 0 spiro atoms. The van der Waals surface area contributed by atoms with Crippen LogP contribution in [-0.2, 0) is 20.0 Å². The molecule has 1 fully saturated rings. The monoisotopic (exact) mass is 472 g/mol. The van der Waals surface area contributed by atoms with Crippen LogP contribution in [0.1, 0.15) is 12.8 Å². The zero-order valence-electron chi connectivity index (χ0n) is 14.0. The predicted molar refractivity (Wildman–Crippen MR) is 86.7 cm³/mol. The number of likely N-dealkylation sites (tertiary alicyclic amines) is 1. The molecule has 16 heteroatoms. The van der Waals surface area contributed by atoms with Crippen molar-refractivity contribution in [3.05, 3.63) is 4.13 Å². The molecule has 6 nitrogen and oxygen atoms in total. The topological polar surface area (TPSA) is 82.4 Å². The summed E-state index contributed by atoms with van der Waals surface area (Å²) in [6, 6.07) is 0. The SMILES string of the molecule is C[N+]1(C[Si](C)(C)Cl)CCCC1.O=S(=O)([N-]S(=O)(=O)C(F)(F)F)C(F)(F)F. The molecule has 26 heavy (non-hydrogen) atoms. The second-order valence-electron chi connectivity index (χ2n) is 6.57. The van der Waals surface area contributed by atoms with E-state index in [0.29, 0.717) is 0 Å². The Hall–Kier alpha value is -0.0931. The normalized spacial score (nSPS) is 19.0. The number of alkyl halides is 6. The molecule has 0 unspecified atom stereocenters. The predicted octanol–water partition coefficient (Wildman–Crippen LogP) is 3.27. The number of rotatable bonds is 4. The van der Waals surface area contributed by atoms with E-state index in [1.807, 2.05) is 0 Å². The van der Waals surface area contributed by atoms with Crippen molar-refractivity contribution in [2.75, 3.05) is 26.3 Å². The van der Waals surface area contributed by atoms with Crippen molar-refractivity contribution in [3.63, 3.8) is 0 Å². The minimum atomic E-state index is -6.72. The summed E-state index contributed by atoms with van der Waals surface area (Å²) < 4.78 is 110. The van der Waals surface area contributed by atoms with Crippen LogP contribution in [0.4, 0.5) is 26.3 Å². The van der Waals surface area contributed by atoms with Gasteiger partial charge in [-0.1, -0.05) is 13.1 Å². The van der Waals surface area contributed by atoms with E-state index in [9.17, 15) is 43.2 Å². The highest BCUT2D eigenvalue weighted by atomic mass is 35.6. The first kappa shape index (κ1) is 25.9. The van der Waals surface area contributed by atoms with Gasteiger partial charge in [0.15, 0.2) is 20.0 Å². The van der Waals surface area contributed by atoms with Gasteiger partial charge in [-0.15, -0.1) is 0 Å².